The van der Waals surface area contributed by atoms with Gasteiger partial charge in [-0.3, -0.25) is 9.78 Å². The van der Waals surface area contributed by atoms with Gasteiger partial charge < -0.3 is 4.98 Å². The zero-order chi connectivity index (χ0) is 11.4. The van der Waals surface area contributed by atoms with Crippen LogP contribution in [0, 0.1) is 0 Å². The lowest BCUT2D eigenvalue weighted by atomic mass is 10.1. The Kier molecular flexibility index (Phi) is 3.36. The molecule has 0 aliphatic rings. The van der Waals surface area contributed by atoms with Crippen molar-refractivity contribution in [3.8, 4) is 0 Å². The molecule has 0 radical (unpaired) electrons. The Morgan fingerprint density at radius 3 is 2.75 bits per heavy atom. The molecule has 0 aromatic carbocycles. The first-order valence-electron chi connectivity index (χ1n) is 4.80. The highest BCUT2D eigenvalue weighted by molar-refractivity contribution is 7.98. The number of pyridine rings is 1. The predicted molar refractivity (Wildman–Crippen MR) is 63.7 cm³/mol. The number of nitrogens with one attached hydrogen (secondary N) is 1. The average Bonchev–Trinajstić information content (AvgIpc) is 2.33. The summed E-state index contributed by atoms with van der Waals surface area (Å²) in [5, 5.41) is 0.642. The van der Waals surface area contributed by atoms with Gasteiger partial charge in [-0.2, -0.15) is 0 Å². The van der Waals surface area contributed by atoms with Crippen LogP contribution in [-0.4, -0.2) is 21.2 Å². The highest BCUT2D eigenvalue weighted by atomic mass is 32.2. The Bertz CT molecular complexity index is 524. The van der Waals surface area contributed by atoms with E-state index in [-0.39, 0.29) is 5.56 Å². The van der Waals surface area contributed by atoms with Gasteiger partial charge in [-0.15, -0.1) is 0 Å². The second-order valence-electron chi connectivity index (χ2n) is 3.28. The molecule has 2 aromatic rings. The lowest BCUT2D eigenvalue weighted by Gasteiger charge is -2.01. The van der Waals surface area contributed by atoms with Gasteiger partial charge in [0, 0.05) is 30.6 Å². The monoisotopic (exact) mass is 233 g/mol. The molecule has 0 saturated carbocycles. The zero-order valence-electron chi connectivity index (χ0n) is 8.80. The first kappa shape index (κ1) is 10.9. The molecule has 0 amide bonds. The number of hydrogen-bond acceptors (Lipinski definition) is 4. The van der Waals surface area contributed by atoms with Gasteiger partial charge in [-0.1, -0.05) is 11.8 Å². The molecule has 0 fully saturated rings. The van der Waals surface area contributed by atoms with Crippen molar-refractivity contribution in [3.63, 3.8) is 0 Å². The normalized spacial score (nSPS) is 10.3. The maximum atomic E-state index is 11.7. The molecule has 2 aromatic heterocycles. The molecule has 0 bridgehead atoms. The Balaban J connectivity index is 2.26. The van der Waals surface area contributed by atoms with Crippen LogP contribution in [0.4, 0.5) is 0 Å². The fraction of sp³-hybridized carbons (Fsp3) is 0.182. The summed E-state index contributed by atoms with van der Waals surface area (Å²) in [7, 11) is 0. The fourth-order valence-corrected chi connectivity index (χ4v) is 1.71. The second kappa shape index (κ2) is 4.94. The van der Waals surface area contributed by atoms with Crippen LogP contribution in [0.25, 0.3) is 0 Å². The maximum absolute atomic E-state index is 11.7. The maximum Gasteiger partial charge on any atom is 0.255 e. The molecule has 82 valence electrons. The van der Waals surface area contributed by atoms with E-state index in [1.165, 1.54) is 11.8 Å². The summed E-state index contributed by atoms with van der Waals surface area (Å²) in [6.07, 6.45) is 7.52. The third-order valence-electron chi connectivity index (χ3n) is 2.19. The number of rotatable bonds is 3. The van der Waals surface area contributed by atoms with Gasteiger partial charge in [0.1, 0.15) is 0 Å². The van der Waals surface area contributed by atoms with Gasteiger partial charge in [0.15, 0.2) is 5.16 Å². The van der Waals surface area contributed by atoms with Crippen LogP contribution in [0.5, 0.6) is 0 Å². The van der Waals surface area contributed by atoms with Gasteiger partial charge in [0.25, 0.3) is 5.56 Å². The summed E-state index contributed by atoms with van der Waals surface area (Å²) in [5.74, 6) is 0. The quantitative estimate of drug-likeness (QED) is 0.644. The molecular weight excluding hydrogens is 222 g/mol. The molecular formula is C11H11N3OS. The predicted octanol–water partition coefficient (Wildman–Crippen LogP) is 1.48. The van der Waals surface area contributed by atoms with Crippen LogP contribution in [0.2, 0.25) is 0 Å². The van der Waals surface area contributed by atoms with Gasteiger partial charge >= 0.3 is 0 Å². The van der Waals surface area contributed by atoms with Gasteiger partial charge in [-0.05, 0) is 24.0 Å². The zero-order valence-corrected chi connectivity index (χ0v) is 9.62. The van der Waals surface area contributed by atoms with Crippen LogP contribution in [0.3, 0.4) is 0 Å². The number of aromatic nitrogens is 3. The molecule has 0 atom stereocenters. The van der Waals surface area contributed by atoms with E-state index in [0.717, 1.165) is 5.56 Å². The molecule has 0 spiro atoms. The van der Waals surface area contributed by atoms with Crippen molar-refractivity contribution in [2.45, 2.75) is 11.6 Å². The largest absolute Gasteiger partial charge is 0.301 e. The summed E-state index contributed by atoms with van der Waals surface area (Å²) >= 11 is 1.42. The van der Waals surface area contributed by atoms with Crippen LogP contribution >= 0.6 is 11.8 Å². The SMILES string of the molecule is CSc1ncc(Cc2ccncc2)c(=O)[nH]1. The number of aromatic amines is 1. The van der Waals surface area contributed by atoms with E-state index in [1.807, 2.05) is 18.4 Å². The van der Waals surface area contributed by atoms with E-state index < -0.39 is 0 Å². The summed E-state index contributed by atoms with van der Waals surface area (Å²) in [6.45, 7) is 0. The van der Waals surface area contributed by atoms with Crippen molar-refractivity contribution in [1.29, 1.82) is 0 Å². The first-order chi connectivity index (χ1) is 7.79. The Morgan fingerprint density at radius 1 is 1.38 bits per heavy atom. The lowest BCUT2D eigenvalue weighted by Crippen LogP contribution is -2.14. The van der Waals surface area contributed by atoms with Crippen LogP contribution in [0.15, 0.2) is 40.7 Å². The molecule has 5 heteroatoms. The van der Waals surface area contributed by atoms with Crippen molar-refractivity contribution in [3.05, 3.63) is 52.2 Å². The van der Waals surface area contributed by atoms with E-state index in [2.05, 4.69) is 15.0 Å². The van der Waals surface area contributed by atoms with E-state index in [4.69, 9.17) is 0 Å². The minimum atomic E-state index is -0.0730. The molecule has 16 heavy (non-hydrogen) atoms. The van der Waals surface area contributed by atoms with Crippen molar-refractivity contribution in [1.82, 2.24) is 15.0 Å². The van der Waals surface area contributed by atoms with Crippen LogP contribution in [0.1, 0.15) is 11.1 Å². The number of nitrogens with zero attached hydrogens (tertiary/aromatic N) is 2. The van der Waals surface area contributed by atoms with Gasteiger partial charge in [0.05, 0.1) is 0 Å². The highest BCUT2D eigenvalue weighted by Crippen LogP contribution is 2.07. The topological polar surface area (TPSA) is 58.6 Å². The highest BCUT2D eigenvalue weighted by Gasteiger charge is 2.03. The van der Waals surface area contributed by atoms with Crippen molar-refractivity contribution < 1.29 is 0 Å². The van der Waals surface area contributed by atoms with E-state index in [0.29, 0.717) is 17.1 Å². The van der Waals surface area contributed by atoms with Gasteiger partial charge in [0.2, 0.25) is 0 Å². The lowest BCUT2D eigenvalue weighted by molar-refractivity contribution is 0.901. The van der Waals surface area contributed by atoms with Crippen LogP contribution in [-0.2, 0) is 6.42 Å². The van der Waals surface area contributed by atoms with Crippen LogP contribution < -0.4 is 5.56 Å². The summed E-state index contributed by atoms with van der Waals surface area (Å²) in [6, 6.07) is 3.78. The Hall–Kier alpha value is -1.62. The molecule has 1 N–H and O–H groups in total. The number of thioether (sulfide) groups is 1. The standard InChI is InChI=1S/C11H11N3OS/c1-16-11-13-7-9(10(15)14-11)6-8-2-4-12-5-3-8/h2-5,7H,6H2,1H3,(H,13,14,15). The third-order valence-corrected chi connectivity index (χ3v) is 2.78. The molecule has 0 unspecified atom stereocenters. The first-order valence-corrected chi connectivity index (χ1v) is 6.03. The van der Waals surface area contributed by atoms with Gasteiger partial charge in [-0.25, -0.2) is 4.98 Å². The van der Waals surface area contributed by atoms with Crippen molar-refractivity contribution in [2.24, 2.45) is 0 Å². The molecule has 0 aliphatic carbocycles. The summed E-state index contributed by atoms with van der Waals surface area (Å²) in [4.78, 5) is 22.5. The minimum Gasteiger partial charge on any atom is -0.301 e. The van der Waals surface area contributed by atoms with E-state index in [1.54, 1.807) is 18.6 Å². The number of H-pyrrole nitrogens is 1. The number of hydrogen-bond donors (Lipinski definition) is 1. The Morgan fingerprint density at radius 2 is 2.12 bits per heavy atom. The third kappa shape index (κ3) is 2.49. The smallest absolute Gasteiger partial charge is 0.255 e. The fourth-order valence-electron chi connectivity index (χ4n) is 1.36. The average molecular weight is 233 g/mol. The molecule has 0 aliphatic heterocycles. The van der Waals surface area contributed by atoms with Crippen molar-refractivity contribution >= 4 is 11.8 Å². The molecule has 2 heterocycles. The molecule has 4 nitrogen and oxygen atoms in total. The molecule has 0 saturated heterocycles. The molecule has 2 rings (SSSR count). The minimum absolute atomic E-state index is 0.0730. The van der Waals surface area contributed by atoms with E-state index >= 15 is 0 Å². The van der Waals surface area contributed by atoms with Crippen molar-refractivity contribution in [2.75, 3.05) is 6.26 Å². The summed E-state index contributed by atoms with van der Waals surface area (Å²) in [5.41, 5.74) is 1.65. The van der Waals surface area contributed by atoms with E-state index in [9.17, 15) is 4.79 Å². The second-order valence-corrected chi connectivity index (χ2v) is 4.07. The summed E-state index contributed by atoms with van der Waals surface area (Å²) < 4.78 is 0. The Labute approximate surface area is 97.2 Å².